The second-order valence-corrected chi connectivity index (χ2v) is 8.10. The molecule has 9 heteroatoms. The molecule has 1 amide bonds. The molecule has 0 atom stereocenters. The first-order chi connectivity index (χ1) is 16.3. The molecule has 0 unspecified atom stereocenters. The molecule has 174 valence electrons. The molecule has 4 rings (SSSR count). The van der Waals surface area contributed by atoms with Gasteiger partial charge in [-0.3, -0.25) is 4.79 Å². The smallest absolute Gasteiger partial charge is 0.416 e. The van der Waals surface area contributed by atoms with Crippen LogP contribution in [-0.2, 0) is 12.8 Å². The van der Waals surface area contributed by atoms with Crippen LogP contribution in [0.1, 0.15) is 21.6 Å². The van der Waals surface area contributed by atoms with E-state index >= 15 is 0 Å². The van der Waals surface area contributed by atoms with Gasteiger partial charge in [0.1, 0.15) is 28.8 Å². The van der Waals surface area contributed by atoms with Crippen LogP contribution in [0.3, 0.4) is 0 Å². The predicted molar refractivity (Wildman–Crippen MR) is 124 cm³/mol. The molecule has 0 fully saturated rings. The van der Waals surface area contributed by atoms with Gasteiger partial charge in [0, 0.05) is 16.6 Å². The second kappa shape index (κ2) is 9.96. The van der Waals surface area contributed by atoms with Gasteiger partial charge in [-0.05, 0) is 48.0 Å². The molecule has 0 radical (unpaired) electrons. The molecule has 1 aromatic heterocycles. The van der Waals surface area contributed by atoms with Crippen LogP contribution in [0.25, 0.3) is 10.6 Å². The minimum atomic E-state index is -4.49. The third-order valence-corrected chi connectivity index (χ3v) is 5.70. The number of benzene rings is 3. The number of anilines is 1. The van der Waals surface area contributed by atoms with Gasteiger partial charge in [-0.15, -0.1) is 11.3 Å². The standard InChI is InChI=1S/C25H19F3N2O3S/c1-32-20-9-2-5-16(11-20)14-33-21-10-3-6-17(12-21)24-30-22(15-34-24)23(31)29-19-8-4-7-18(13-19)25(26,27)28/h2-13,15H,14H2,1H3,(H,29,31). The molecule has 0 aliphatic carbocycles. The summed E-state index contributed by atoms with van der Waals surface area (Å²) in [6.07, 6.45) is -4.49. The first kappa shape index (κ1) is 23.3. The lowest BCUT2D eigenvalue weighted by Crippen LogP contribution is -2.13. The van der Waals surface area contributed by atoms with E-state index in [1.165, 1.54) is 23.5 Å². The molecule has 0 aliphatic rings. The van der Waals surface area contributed by atoms with Crippen LogP contribution in [0.15, 0.2) is 78.2 Å². The highest BCUT2D eigenvalue weighted by Crippen LogP contribution is 2.31. The Bertz CT molecular complexity index is 1300. The molecular weight excluding hydrogens is 465 g/mol. The molecule has 5 nitrogen and oxygen atoms in total. The summed E-state index contributed by atoms with van der Waals surface area (Å²) in [7, 11) is 1.60. The maximum Gasteiger partial charge on any atom is 0.416 e. The Morgan fingerprint density at radius 2 is 1.76 bits per heavy atom. The van der Waals surface area contributed by atoms with E-state index in [0.29, 0.717) is 17.4 Å². The summed E-state index contributed by atoms with van der Waals surface area (Å²) in [5, 5.41) is 4.61. The lowest BCUT2D eigenvalue weighted by atomic mass is 10.2. The Kier molecular flexibility index (Phi) is 6.83. The van der Waals surface area contributed by atoms with Crippen LogP contribution < -0.4 is 14.8 Å². The molecule has 0 bridgehead atoms. The summed E-state index contributed by atoms with van der Waals surface area (Å²) in [6.45, 7) is 0.350. The van der Waals surface area contributed by atoms with Gasteiger partial charge in [0.05, 0.1) is 12.7 Å². The number of alkyl halides is 3. The molecule has 4 aromatic rings. The molecule has 0 spiro atoms. The SMILES string of the molecule is COc1cccc(COc2cccc(-c3nc(C(=O)Nc4cccc(C(F)(F)F)c4)cs3)c2)c1. The van der Waals surface area contributed by atoms with Crippen LogP contribution in [0, 0.1) is 0 Å². The zero-order chi connectivity index (χ0) is 24.1. The molecule has 1 N–H and O–H groups in total. The number of nitrogens with zero attached hydrogens (tertiary/aromatic N) is 1. The number of halogens is 3. The van der Waals surface area contributed by atoms with Crippen LogP contribution in [0.4, 0.5) is 18.9 Å². The minimum Gasteiger partial charge on any atom is -0.497 e. The first-order valence-electron chi connectivity index (χ1n) is 10.1. The van der Waals surface area contributed by atoms with Crippen LogP contribution >= 0.6 is 11.3 Å². The summed E-state index contributed by atoms with van der Waals surface area (Å²) in [5.74, 6) is 0.784. The highest BCUT2D eigenvalue weighted by atomic mass is 32.1. The summed E-state index contributed by atoms with van der Waals surface area (Å²) in [5.41, 5.74) is 1.02. The summed E-state index contributed by atoms with van der Waals surface area (Å²) in [6, 6.07) is 19.3. The number of carbonyl (C=O) groups is 1. The summed E-state index contributed by atoms with van der Waals surface area (Å²) >= 11 is 1.25. The fraction of sp³-hybridized carbons (Fsp3) is 0.120. The third kappa shape index (κ3) is 5.74. The van der Waals surface area contributed by atoms with Crippen molar-refractivity contribution in [3.8, 4) is 22.1 Å². The van der Waals surface area contributed by atoms with Crippen molar-refractivity contribution < 1.29 is 27.4 Å². The van der Waals surface area contributed by atoms with Crippen LogP contribution in [0.5, 0.6) is 11.5 Å². The second-order valence-electron chi connectivity index (χ2n) is 7.24. The van der Waals surface area contributed by atoms with Crippen molar-refractivity contribution in [2.75, 3.05) is 12.4 Å². The van der Waals surface area contributed by atoms with Crippen molar-refractivity contribution >= 4 is 22.9 Å². The largest absolute Gasteiger partial charge is 0.497 e. The predicted octanol–water partition coefficient (Wildman–Crippen LogP) is 6.67. The monoisotopic (exact) mass is 484 g/mol. The summed E-state index contributed by atoms with van der Waals surface area (Å²) in [4.78, 5) is 16.9. The van der Waals surface area contributed by atoms with Gasteiger partial charge in [-0.2, -0.15) is 13.2 Å². The number of nitrogens with one attached hydrogen (secondary N) is 1. The topological polar surface area (TPSA) is 60.5 Å². The van der Waals surface area contributed by atoms with Gasteiger partial charge in [0.2, 0.25) is 0 Å². The van der Waals surface area contributed by atoms with E-state index in [9.17, 15) is 18.0 Å². The number of carbonyl (C=O) groups excluding carboxylic acids is 1. The molecule has 0 saturated heterocycles. The summed E-state index contributed by atoms with van der Waals surface area (Å²) < 4.78 is 49.8. The average molecular weight is 484 g/mol. The molecule has 1 heterocycles. The number of methoxy groups -OCH3 is 1. The Labute approximate surface area is 197 Å². The normalized spacial score (nSPS) is 11.2. The highest BCUT2D eigenvalue weighted by molar-refractivity contribution is 7.13. The van der Waals surface area contributed by atoms with Crippen molar-refractivity contribution in [3.05, 3.63) is 95.0 Å². The number of amides is 1. The van der Waals surface area contributed by atoms with E-state index in [1.54, 1.807) is 12.5 Å². The van der Waals surface area contributed by atoms with E-state index in [-0.39, 0.29) is 11.4 Å². The van der Waals surface area contributed by atoms with E-state index in [4.69, 9.17) is 9.47 Å². The Morgan fingerprint density at radius 3 is 2.56 bits per heavy atom. The molecule has 34 heavy (non-hydrogen) atoms. The van der Waals surface area contributed by atoms with Gasteiger partial charge in [-0.1, -0.05) is 30.3 Å². The Hall–Kier alpha value is -3.85. The van der Waals surface area contributed by atoms with Gasteiger partial charge in [0.15, 0.2) is 0 Å². The fourth-order valence-corrected chi connectivity index (χ4v) is 3.92. The molecule has 3 aromatic carbocycles. The van der Waals surface area contributed by atoms with Crippen molar-refractivity contribution in [1.82, 2.24) is 4.98 Å². The average Bonchev–Trinajstić information content (AvgIpc) is 3.33. The molecule has 0 aliphatic heterocycles. The number of rotatable bonds is 7. The number of ether oxygens (including phenoxy) is 2. The quantitative estimate of drug-likeness (QED) is 0.318. The van der Waals surface area contributed by atoms with Crippen molar-refractivity contribution in [2.24, 2.45) is 0 Å². The van der Waals surface area contributed by atoms with E-state index in [2.05, 4.69) is 10.3 Å². The first-order valence-corrected chi connectivity index (χ1v) is 11.0. The van der Waals surface area contributed by atoms with Crippen molar-refractivity contribution in [1.29, 1.82) is 0 Å². The highest BCUT2D eigenvalue weighted by Gasteiger charge is 2.30. The number of aromatic nitrogens is 1. The Balaban J connectivity index is 1.44. The maximum absolute atomic E-state index is 12.9. The minimum absolute atomic E-state index is 0.0438. The zero-order valence-electron chi connectivity index (χ0n) is 17.9. The van der Waals surface area contributed by atoms with Crippen molar-refractivity contribution in [3.63, 3.8) is 0 Å². The van der Waals surface area contributed by atoms with Crippen LogP contribution in [0.2, 0.25) is 0 Å². The van der Waals surface area contributed by atoms with Gasteiger partial charge >= 0.3 is 6.18 Å². The van der Waals surface area contributed by atoms with E-state index in [1.807, 2.05) is 48.5 Å². The van der Waals surface area contributed by atoms with E-state index in [0.717, 1.165) is 29.0 Å². The van der Waals surface area contributed by atoms with Gasteiger partial charge in [-0.25, -0.2) is 4.98 Å². The lowest BCUT2D eigenvalue weighted by molar-refractivity contribution is -0.137. The Morgan fingerprint density at radius 1 is 1.00 bits per heavy atom. The lowest BCUT2D eigenvalue weighted by Gasteiger charge is -2.09. The van der Waals surface area contributed by atoms with Crippen LogP contribution in [-0.4, -0.2) is 18.0 Å². The fourth-order valence-electron chi connectivity index (χ4n) is 3.13. The number of hydrogen-bond acceptors (Lipinski definition) is 5. The number of hydrogen-bond donors (Lipinski definition) is 1. The molecular formula is C25H19F3N2O3S. The molecule has 0 saturated carbocycles. The maximum atomic E-state index is 12.9. The van der Waals surface area contributed by atoms with Gasteiger partial charge < -0.3 is 14.8 Å². The number of thiazole rings is 1. The zero-order valence-corrected chi connectivity index (χ0v) is 18.7. The van der Waals surface area contributed by atoms with Crippen molar-refractivity contribution in [2.45, 2.75) is 12.8 Å². The van der Waals surface area contributed by atoms with E-state index < -0.39 is 17.6 Å². The third-order valence-electron chi connectivity index (χ3n) is 4.81. The van der Waals surface area contributed by atoms with Gasteiger partial charge in [0.25, 0.3) is 5.91 Å².